The molecule has 1 aromatic rings. The number of aromatic hydroxyl groups is 1. The van der Waals surface area contributed by atoms with Gasteiger partial charge in [0.05, 0.1) is 17.7 Å². The van der Waals surface area contributed by atoms with Crippen molar-refractivity contribution in [2.45, 2.75) is 19.4 Å². The number of carbonyl (C=O) groups excluding carboxylic acids is 1. The highest BCUT2D eigenvalue weighted by molar-refractivity contribution is 14.1. The molecule has 4 nitrogen and oxygen atoms in total. The van der Waals surface area contributed by atoms with Gasteiger partial charge in [-0.3, -0.25) is 4.79 Å². The Morgan fingerprint density at radius 2 is 2.18 bits per heavy atom. The van der Waals surface area contributed by atoms with Gasteiger partial charge in [-0.05, 0) is 54.6 Å². The fourth-order valence-electron chi connectivity index (χ4n) is 1.46. The summed E-state index contributed by atoms with van der Waals surface area (Å²) in [6, 6.07) is 4.90. The van der Waals surface area contributed by atoms with Crippen molar-refractivity contribution in [3.63, 3.8) is 0 Å². The van der Waals surface area contributed by atoms with E-state index in [4.69, 9.17) is 4.74 Å². The fourth-order valence-corrected chi connectivity index (χ4v) is 1.95. The van der Waals surface area contributed by atoms with E-state index in [1.54, 1.807) is 19.2 Å². The van der Waals surface area contributed by atoms with E-state index in [1.165, 1.54) is 6.07 Å². The second-order valence-electron chi connectivity index (χ2n) is 4.43. The molecular weight excluding hydrogens is 333 g/mol. The third-order valence-corrected chi connectivity index (χ3v) is 2.83. The first kappa shape index (κ1) is 14.2. The van der Waals surface area contributed by atoms with Crippen LogP contribution in [0.15, 0.2) is 18.2 Å². The van der Waals surface area contributed by atoms with Crippen LogP contribution in [-0.2, 0) is 4.74 Å². The molecule has 0 spiro atoms. The third-order valence-electron chi connectivity index (χ3n) is 2.16. The molecule has 0 aromatic heterocycles. The Morgan fingerprint density at radius 1 is 1.53 bits per heavy atom. The van der Waals surface area contributed by atoms with Crippen LogP contribution in [0.25, 0.3) is 0 Å². The monoisotopic (exact) mass is 349 g/mol. The Kier molecular flexibility index (Phi) is 4.76. The number of nitrogens with one attached hydrogen (secondary N) is 1. The molecule has 1 rings (SSSR count). The number of hydrogen-bond acceptors (Lipinski definition) is 3. The Hall–Kier alpha value is -0.820. The number of benzene rings is 1. The summed E-state index contributed by atoms with van der Waals surface area (Å²) in [5, 5.41) is 12.5. The average Bonchev–Trinajstić information content (AvgIpc) is 2.20. The van der Waals surface area contributed by atoms with E-state index in [-0.39, 0.29) is 17.2 Å². The lowest BCUT2D eigenvalue weighted by molar-refractivity contribution is 0.0817. The molecule has 1 amide bonds. The lowest BCUT2D eigenvalue weighted by Crippen LogP contribution is -2.46. The Bertz CT molecular complexity index is 418. The van der Waals surface area contributed by atoms with Crippen LogP contribution >= 0.6 is 22.6 Å². The predicted octanol–water partition coefficient (Wildman–Crippen LogP) is 2.15. The average molecular weight is 349 g/mol. The Morgan fingerprint density at radius 3 is 2.76 bits per heavy atom. The van der Waals surface area contributed by atoms with Crippen LogP contribution < -0.4 is 5.32 Å². The molecular formula is C12H16INO3. The molecule has 0 heterocycles. The van der Waals surface area contributed by atoms with Crippen molar-refractivity contribution in [2.24, 2.45) is 0 Å². The summed E-state index contributed by atoms with van der Waals surface area (Å²) in [7, 11) is 1.58. The van der Waals surface area contributed by atoms with Gasteiger partial charge < -0.3 is 15.2 Å². The number of amides is 1. The smallest absolute Gasteiger partial charge is 0.255 e. The molecule has 0 radical (unpaired) electrons. The quantitative estimate of drug-likeness (QED) is 0.819. The SMILES string of the molecule is COCC(C)(C)NC(=O)c1cc(I)ccc1O. The van der Waals surface area contributed by atoms with Gasteiger partial charge in [-0.1, -0.05) is 0 Å². The van der Waals surface area contributed by atoms with Gasteiger partial charge in [0.15, 0.2) is 0 Å². The number of hydrogen-bond donors (Lipinski definition) is 2. The van der Waals surface area contributed by atoms with Crippen molar-refractivity contribution in [3.8, 4) is 5.75 Å². The summed E-state index contributed by atoms with van der Waals surface area (Å²) in [6.07, 6.45) is 0. The molecule has 0 fully saturated rings. The maximum absolute atomic E-state index is 12.0. The number of halogens is 1. The normalized spacial score (nSPS) is 11.3. The van der Waals surface area contributed by atoms with Crippen molar-refractivity contribution >= 4 is 28.5 Å². The summed E-state index contributed by atoms with van der Waals surface area (Å²) < 4.78 is 5.92. The standard InChI is InChI=1S/C12H16INO3/c1-12(2,7-17-3)14-11(16)9-6-8(13)4-5-10(9)15/h4-6,15H,7H2,1-3H3,(H,14,16). The molecule has 1 aromatic carbocycles. The third kappa shape index (κ3) is 4.16. The molecule has 0 aliphatic heterocycles. The van der Waals surface area contributed by atoms with Crippen LogP contribution in [0.5, 0.6) is 5.75 Å². The highest BCUT2D eigenvalue weighted by Gasteiger charge is 2.22. The number of phenolic OH excluding ortho intramolecular Hbond substituents is 1. The summed E-state index contributed by atoms with van der Waals surface area (Å²) in [4.78, 5) is 12.0. The fraction of sp³-hybridized carbons (Fsp3) is 0.417. The van der Waals surface area contributed by atoms with Gasteiger partial charge in [-0.25, -0.2) is 0 Å². The maximum Gasteiger partial charge on any atom is 0.255 e. The van der Waals surface area contributed by atoms with E-state index < -0.39 is 5.54 Å². The summed E-state index contributed by atoms with van der Waals surface area (Å²) >= 11 is 2.09. The van der Waals surface area contributed by atoms with E-state index in [9.17, 15) is 9.90 Å². The zero-order valence-electron chi connectivity index (χ0n) is 10.1. The highest BCUT2D eigenvalue weighted by Crippen LogP contribution is 2.20. The first-order valence-electron chi connectivity index (χ1n) is 5.16. The molecule has 0 saturated heterocycles. The van der Waals surface area contributed by atoms with E-state index in [2.05, 4.69) is 27.9 Å². The van der Waals surface area contributed by atoms with Crippen LogP contribution in [0.1, 0.15) is 24.2 Å². The number of ether oxygens (including phenoxy) is 1. The molecule has 17 heavy (non-hydrogen) atoms. The molecule has 0 saturated carbocycles. The van der Waals surface area contributed by atoms with Crippen LogP contribution in [0.3, 0.4) is 0 Å². The van der Waals surface area contributed by atoms with Gasteiger partial charge in [0.2, 0.25) is 0 Å². The van der Waals surface area contributed by atoms with E-state index in [0.717, 1.165) is 3.57 Å². The zero-order valence-corrected chi connectivity index (χ0v) is 12.2. The number of carbonyl (C=O) groups is 1. The summed E-state index contributed by atoms with van der Waals surface area (Å²) in [6.45, 7) is 4.13. The molecule has 0 bridgehead atoms. The highest BCUT2D eigenvalue weighted by atomic mass is 127. The molecule has 0 unspecified atom stereocenters. The van der Waals surface area contributed by atoms with Crippen LogP contribution in [0, 0.1) is 3.57 Å². The van der Waals surface area contributed by atoms with Crippen molar-refractivity contribution in [2.75, 3.05) is 13.7 Å². The Labute approximate surface area is 115 Å². The van der Waals surface area contributed by atoms with Crippen LogP contribution in [0.4, 0.5) is 0 Å². The molecule has 0 aliphatic rings. The summed E-state index contributed by atoms with van der Waals surface area (Å²) in [5.41, 5.74) is -0.194. The largest absolute Gasteiger partial charge is 0.507 e. The zero-order chi connectivity index (χ0) is 13.1. The number of rotatable bonds is 4. The lowest BCUT2D eigenvalue weighted by atomic mass is 10.1. The molecule has 5 heteroatoms. The molecule has 0 atom stereocenters. The van der Waals surface area contributed by atoms with Crippen molar-refractivity contribution in [3.05, 3.63) is 27.3 Å². The summed E-state index contributed by atoms with van der Waals surface area (Å²) in [5.74, 6) is -0.320. The van der Waals surface area contributed by atoms with Gasteiger partial charge in [0.25, 0.3) is 5.91 Å². The van der Waals surface area contributed by atoms with E-state index in [0.29, 0.717) is 6.61 Å². The minimum absolute atomic E-state index is 0.0175. The minimum Gasteiger partial charge on any atom is -0.507 e. The van der Waals surface area contributed by atoms with Gasteiger partial charge in [0, 0.05) is 10.7 Å². The van der Waals surface area contributed by atoms with E-state index in [1.807, 2.05) is 13.8 Å². The van der Waals surface area contributed by atoms with Gasteiger partial charge >= 0.3 is 0 Å². The lowest BCUT2D eigenvalue weighted by Gasteiger charge is -2.25. The van der Waals surface area contributed by atoms with Crippen molar-refractivity contribution < 1.29 is 14.6 Å². The first-order valence-corrected chi connectivity index (χ1v) is 6.23. The van der Waals surface area contributed by atoms with Crippen LogP contribution in [0.2, 0.25) is 0 Å². The van der Waals surface area contributed by atoms with Crippen molar-refractivity contribution in [1.82, 2.24) is 5.32 Å². The van der Waals surface area contributed by atoms with Gasteiger partial charge in [0.1, 0.15) is 5.75 Å². The maximum atomic E-state index is 12.0. The second kappa shape index (κ2) is 5.68. The molecule has 0 aliphatic carbocycles. The predicted molar refractivity (Wildman–Crippen MR) is 74.2 cm³/mol. The molecule has 2 N–H and O–H groups in total. The second-order valence-corrected chi connectivity index (χ2v) is 5.68. The van der Waals surface area contributed by atoms with Crippen LogP contribution in [-0.4, -0.2) is 30.3 Å². The van der Waals surface area contributed by atoms with Crippen molar-refractivity contribution in [1.29, 1.82) is 0 Å². The first-order chi connectivity index (χ1) is 7.85. The molecule has 94 valence electrons. The van der Waals surface area contributed by atoms with E-state index >= 15 is 0 Å². The Balaban J connectivity index is 2.86. The minimum atomic E-state index is -0.473. The number of phenols is 1. The van der Waals surface area contributed by atoms with Gasteiger partial charge in [-0.2, -0.15) is 0 Å². The number of methoxy groups -OCH3 is 1. The topological polar surface area (TPSA) is 58.6 Å². The van der Waals surface area contributed by atoms with Gasteiger partial charge in [-0.15, -0.1) is 0 Å².